The maximum absolute atomic E-state index is 12.5. The first-order valence-corrected chi connectivity index (χ1v) is 9.90. The van der Waals surface area contributed by atoms with Crippen molar-refractivity contribution in [1.29, 1.82) is 0 Å². The summed E-state index contributed by atoms with van der Waals surface area (Å²) < 4.78 is 5.91. The fraction of sp³-hybridized carbons (Fsp3) is 0.750. The molecule has 2 heterocycles. The predicted octanol–water partition coefficient (Wildman–Crippen LogP) is 2.39. The Hall–Kier alpha value is -1.33. The molecule has 1 N–H and O–H groups in total. The number of aryl methyl sites for hydroxylation is 1. The molecule has 5 heteroatoms. The van der Waals surface area contributed by atoms with Gasteiger partial charge in [0.15, 0.2) is 0 Å². The van der Waals surface area contributed by atoms with E-state index in [0.29, 0.717) is 24.8 Å². The molecule has 1 saturated heterocycles. The highest BCUT2D eigenvalue weighted by atomic mass is 16.3. The highest BCUT2D eigenvalue weighted by Crippen LogP contribution is 2.47. The molecule has 1 aromatic rings. The number of piperazine rings is 1. The van der Waals surface area contributed by atoms with E-state index in [1.54, 1.807) is 0 Å². The van der Waals surface area contributed by atoms with E-state index >= 15 is 0 Å². The molecule has 4 atom stereocenters. The monoisotopic (exact) mass is 346 g/mol. The van der Waals surface area contributed by atoms with Crippen LogP contribution in [0.4, 0.5) is 0 Å². The molecular weight excluding hydrogens is 316 g/mol. The summed E-state index contributed by atoms with van der Waals surface area (Å²) >= 11 is 0. The average Bonchev–Trinajstić information content (AvgIpc) is 3.01. The molecule has 2 saturated carbocycles. The second kappa shape index (κ2) is 7.12. The Morgan fingerprint density at radius 3 is 2.64 bits per heavy atom. The van der Waals surface area contributed by atoms with E-state index in [-0.39, 0.29) is 12.0 Å². The Kier molecular flexibility index (Phi) is 4.87. The zero-order valence-corrected chi connectivity index (χ0v) is 15.2. The molecule has 138 valence electrons. The van der Waals surface area contributed by atoms with Crippen LogP contribution in [0.3, 0.4) is 0 Å². The van der Waals surface area contributed by atoms with E-state index in [1.807, 2.05) is 11.0 Å². The Balaban J connectivity index is 1.22. The Labute approximate surface area is 150 Å². The smallest absolute Gasteiger partial charge is 0.223 e. The first-order chi connectivity index (χ1) is 12.1. The summed E-state index contributed by atoms with van der Waals surface area (Å²) in [6, 6.07) is 4.43. The van der Waals surface area contributed by atoms with Gasteiger partial charge in [-0.1, -0.05) is 6.92 Å². The van der Waals surface area contributed by atoms with Crippen molar-refractivity contribution < 1.29 is 14.3 Å². The van der Waals surface area contributed by atoms with Crippen LogP contribution in [-0.4, -0.2) is 59.1 Å². The standard InChI is InChI=1S/C20H30N2O3/c1-14-13-16(14)19-7-5-15(25-19)6-8-20(24)22-11-9-21(10-12-22)17-3-2-4-18(17)23/h5,7,14,16-18,23H,2-4,6,8-13H2,1H3/t14-,16+,17-,18-/m1/s1. The third-order valence-corrected chi connectivity index (χ3v) is 6.32. The summed E-state index contributed by atoms with van der Waals surface area (Å²) in [7, 11) is 0. The van der Waals surface area contributed by atoms with Crippen LogP contribution in [-0.2, 0) is 11.2 Å². The normalized spacial score (nSPS) is 33.0. The first-order valence-electron chi connectivity index (χ1n) is 9.90. The molecule has 3 fully saturated rings. The lowest BCUT2D eigenvalue weighted by molar-refractivity contribution is -0.133. The van der Waals surface area contributed by atoms with Gasteiger partial charge in [-0.15, -0.1) is 0 Å². The van der Waals surface area contributed by atoms with Gasteiger partial charge in [0.05, 0.1) is 6.10 Å². The van der Waals surface area contributed by atoms with Crippen LogP contribution in [0, 0.1) is 5.92 Å². The van der Waals surface area contributed by atoms with Crippen LogP contribution >= 0.6 is 0 Å². The number of aliphatic hydroxyl groups excluding tert-OH is 1. The van der Waals surface area contributed by atoms with Crippen molar-refractivity contribution in [2.45, 2.75) is 63.5 Å². The highest BCUT2D eigenvalue weighted by Gasteiger charge is 2.36. The molecule has 0 radical (unpaired) electrons. The second-order valence-electron chi connectivity index (χ2n) is 8.11. The van der Waals surface area contributed by atoms with Crippen LogP contribution in [0.2, 0.25) is 0 Å². The highest BCUT2D eigenvalue weighted by molar-refractivity contribution is 5.76. The van der Waals surface area contributed by atoms with Crippen molar-refractivity contribution in [3.63, 3.8) is 0 Å². The molecule has 0 spiro atoms. The van der Waals surface area contributed by atoms with Crippen LogP contribution < -0.4 is 0 Å². The molecular formula is C20H30N2O3. The summed E-state index contributed by atoms with van der Waals surface area (Å²) in [5.74, 6) is 3.61. The maximum Gasteiger partial charge on any atom is 0.223 e. The second-order valence-corrected chi connectivity index (χ2v) is 8.11. The van der Waals surface area contributed by atoms with Crippen molar-refractivity contribution in [3.05, 3.63) is 23.7 Å². The van der Waals surface area contributed by atoms with Gasteiger partial charge in [-0.3, -0.25) is 9.69 Å². The van der Waals surface area contributed by atoms with Crippen LogP contribution in [0.1, 0.15) is 56.5 Å². The molecule has 0 aromatic carbocycles. The topological polar surface area (TPSA) is 56.9 Å². The summed E-state index contributed by atoms with van der Waals surface area (Å²) in [6.45, 7) is 5.59. The van der Waals surface area contributed by atoms with Gasteiger partial charge in [0, 0.05) is 51.0 Å². The van der Waals surface area contributed by atoms with E-state index in [4.69, 9.17) is 4.42 Å². The number of rotatable bonds is 5. The van der Waals surface area contributed by atoms with Crippen molar-refractivity contribution in [1.82, 2.24) is 9.80 Å². The Morgan fingerprint density at radius 2 is 2.00 bits per heavy atom. The summed E-state index contributed by atoms with van der Waals surface area (Å²) in [5.41, 5.74) is 0. The molecule has 4 rings (SSSR count). The van der Waals surface area contributed by atoms with Crippen molar-refractivity contribution in [2.75, 3.05) is 26.2 Å². The summed E-state index contributed by atoms with van der Waals surface area (Å²) in [6.07, 6.45) is 5.41. The van der Waals surface area contributed by atoms with Gasteiger partial charge in [-0.25, -0.2) is 0 Å². The van der Waals surface area contributed by atoms with E-state index < -0.39 is 0 Å². The lowest BCUT2D eigenvalue weighted by atomic mass is 10.1. The zero-order valence-electron chi connectivity index (χ0n) is 15.2. The SMILES string of the molecule is C[C@@H]1C[C@@H]1c1ccc(CCC(=O)N2CCN([C@@H]3CCC[C@H]3O)CC2)o1. The maximum atomic E-state index is 12.5. The minimum absolute atomic E-state index is 0.176. The van der Waals surface area contributed by atoms with Crippen LogP contribution in [0.25, 0.3) is 0 Å². The predicted molar refractivity (Wildman–Crippen MR) is 95.3 cm³/mol. The molecule has 0 bridgehead atoms. The third-order valence-electron chi connectivity index (χ3n) is 6.32. The number of carbonyl (C=O) groups is 1. The number of aliphatic hydroxyl groups is 1. The quantitative estimate of drug-likeness (QED) is 0.889. The van der Waals surface area contributed by atoms with Gasteiger partial charge in [-0.05, 0) is 43.7 Å². The number of amides is 1. The molecule has 1 amide bonds. The van der Waals surface area contributed by atoms with Gasteiger partial charge >= 0.3 is 0 Å². The summed E-state index contributed by atoms with van der Waals surface area (Å²) in [5, 5.41) is 10.1. The van der Waals surface area contributed by atoms with Gasteiger partial charge < -0.3 is 14.4 Å². The minimum atomic E-state index is -0.176. The van der Waals surface area contributed by atoms with E-state index in [9.17, 15) is 9.90 Å². The van der Waals surface area contributed by atoms with Gasteiger partial charge in [0.1, 0.15) is 11.5 Å². The lowest BCUT2D eigenvalue weighted by Gasteiger charge is -2.39. The van der Waals surface area contributed by atoms with Gasteiger partial charge in [0.2, 0.25) is 5.91 Å². The van der Waals surface area contributed by atoms with Crippen LogP contribution in [0.15, 0.2) is 16.5 Å². The van der Waals surface area contributed by atoms with Crippen molar-refractivity contribution in [3.8, 4) is 0 Å². The molecule has 2 aliphatic carbocycles. The van der Waals surface area contributed by atoms with Crippen molar-refractivity contribution >= 4 is 5.91 Å². The average molecular weight is 346 g/mol. The fourth-order valence-corrected chi connectivity index (χ4v) is 4.48. The summed E-state index contributed by atoms with van der Waals surface area (Å²) in [4.78, 5) is 16.8. The molecule has 25 heavy (non-hydrogen) atoms. The number of hydrogen-bond acceptors (Lipinski definition) is 4. The molecule has 3 aliphatic rings. The largest absolute Gasteiger partial charge is 0.466 e. The van der Waals surface area contributed by atoms with Gasteiger partial charge in [0.25, 0.3) is 0 Å². The third kappa shape index (κ3) is 3.77. The number of furan rings is 1. The zero-order chi connectivity index (χ0) is 17.4. The number of nitrogens with zero attached hydrogens (tertiary/aromatic N) is 2. The van der Waals surface area contributed by atoms with Crippen LogP contribution in [0.5, 0.6) is 0 Å². The molecule has 5 nitrogen and oxygen atoms in total. The van der Waals surface area contributed by atoms with E-state index in [2.05, 4.69) is 17.9 Å². The molecule has 1 aromatic heterocycles. The Bertz CT molecular complexity index is 606. The minimum Gasteiger partial charge on any atom is -0.466 e. The Morgan fingerprint density at radius 1 is 1.24 bits per heavy atom. The fourth-order valence-electron chi connectivity index (χ4n) is 4.48. The van der Waals surface area contributed by atoms with Gasteiger partial charge in [-0.2, -0.15) is 0 Å². The first kappa shape index (κ1) is 17.1. The lowest BCUT2D eigenvalue weighted by Crippen LogP contribution is -2.53. The van der Waals surface area contributed by atoms with E-state index in [0.717, 1.165) is 62.9 Å². The number of hydrogen-bond donors (Lipinski definition) is 1. The van der Waals surface area contributed by atoms with E-state index in [1.165, 1.54) is 6.42 Å². The number of carbonyl (C=O) groups excluding carboxylic acids is 1. The molecule has 1 aliphatic heterocycles. The molecule has 0 unspecified atom stereocenters. The van der Waals surface area contributed by atoms with Crippen molar-refractivity contribution in [2.24, 2.45) is 5.92 Å².